The third-order valence-corrected chi connectivity index (χ3v) is 5.47. The first-order chi connectivity index (χ1) is 15.0. The Hall–Kier alpha value is -3.80. The van der Waals surface area contributed by atoms with E-state index in [1.165, 1.54) is 4.68 Å². The van der Waals surface area contributed by atoms with Crippen LogP contribution >= 0.6 is 0 Å². The molecular weight excluding hydrogens is 388 g/mol. The number of hydrogen-bond donors (Lipinski definition) is 1. The van der Waals surface area contributed by atoms with Gasteiger partial charge in [0.2, 0.25) is 0 Å². The molecule has 0 saturated carbocycles. The van der Waals surface area contributed by atoms with Crippen LogP contribution in [-0.4, -0.2) is 26.6 Å². The highest BCUT2D eigenvalue weighted by Gasteiger charge is 2.20. The van der Waals surface area contributed by atoms with Gasteiger partial charge in [0.05, 0.1) is 28.5 Å². The quantitative estimate of drug-likeness (QED) is 0.519. The lowest BCUT2D eigenvalue weighted by Gasteiger charge is -2.17. The van der Waals surface area contributed by atoms with Crippen molar-refractivity contribution in [1.29, 1.82) is 0 Å². The molecule has 2 aromatic heterocycles. The van der Waals surface area contributed by atoms with Gasteiger partial charge < -0.3 is 5.32 Å². The van der Waals surface area contributed by atoms with Gasteiger partial charge in [-0.2, -0.15) is 9.78 Å². The SMILES string of the molecule is CCC(NC(=O)c1ccc2c(c1)c(C)nn2C(=O)c1cccnc1C)c1ccccc1. The lowest BCUT2D eigenvalue weighted by molar-refractivity contribution is 0.0932. The van der Waals surface area contributed by atoms with Crippen LogP contribution in [0.5, 0.6) is 0 Å². The fraction of sp³-hybridized carbons (Fsp3) is 0.200. The van der Waals surface area contributed by atoms with Crippen LogP contribution in [0.4, 0.5) is 0 Å². The van der Waals surface area contributed by atoms with Crippen LogP contribution in [0.15, 0.2) is 66.9 Å². The minimum Gasteiger partial charge on any atom is -0.345 e. The second-order valence-corrected chi connectivity index (χ2v) is 7.52. The molecule has 156 valence electrons. The number of benzene rings is 2. The summed E-state index contributed by atoms with van der Waals surface area (Å²) in [6.07, 6.45) is 2.44. The van der Waals surface area contributed by atoms with E-state index in [0.29, 0.717) is 28.0 Å². The Balaban J connectivity index is 1.65. The number of aromatic nitrogens is 3. The van der Waals surface area contributed by atoms with Crippen LogP contribution in [-0.2, 0) is 0 Å². The molecule has 0 radical (unpaired) electrons. The molecule has 6 nitrogen and oxygen atoms in total. The minimum atomic E-state index is -0.240. The number of pyridine rings is 1. The summed E-state index contributed by atoms with van der Waals surface area (Å²) in [6.45, 7) is 5.68. The second kappa shape index (κ2) is 8.52. The third-order valence-electron chi connectivity index (χ3n) is 5.47. The molecule has 0 aliphatic heterocycles. The van der Waals surface area contributed by atoms with Crippen molar-refractivity contribution in [3.05, 3.63) is 94.9 Å². The van der Waals surface area contributed by atoms with E-state index in [9.17, 15) is 9.59 Å². The molecule has 0 fully saturated rings. The first-order valence-corrected chi connectivity index (χ1v) is 10.3. The lowest BCUT2D eigenvalue weighted by Crippen LogP contribution is -2.28. The molecule has 1 unspecified atom stereocenters. The molecule has 0 aliphatic carbocycles. The van der Waals surface area contributed by atoms with E-state index in [4.69, 9.17) is 0 Å². The summed E-state index contributed by atoms with van der Waals surface area (Å²) in [7, 11) is 0. The van der Waals surface area contributed by atoms with Crippen molar-refractivity contribution in [2.24, 2.45) is 0 Å². The van der Waals surface area contributed by atoms with E-state index in [0.717, 1.165) is 17.4 Å². The molecule has 2 heterocycles. The summed E-state index contributed by atoms with van der Waals surface area (Å²) >= 11 is 0. The van der Waals surface area contributed by atoms with Crippen LogP contribution in [0.25, 0.3) is 10.9 Å². The molecule has 0 spiro atoms. The van der Waals surface area contributed by atoms with Crippen molar-refractivity contribution in [3.63, 3.8) is 0 Å². The predicted octanol–water partition coefficient (Wildman–Crippen LogP) is 4.62. The molecule has 1 atom stereocenters. The molecule has 0 saturated heterocycles. The van der Waals surface area contributed by atoms with Crippen molar-refractivity contribution >= 4 is 22.7 Å². The zero-order valence-electron chi connectivity index (χ0n) is 17.8. The van der Waals surface area contributed by atoms with Crippen molar-refractivity contribution in [2.45, 2.75) is 33.2 Å². The van der Waals surface area contributed by atoms with E-state index in [1.54, 1.807) is 43.5 Å². The maximum atomic E-state index is 13.0. The molecule has 0 aliphatic rings. The Kier molecular flexibility index (Phi) is 5.62. The van der Waals surface area contributed by atoms with Gasteiger partial charge in [-0.05, 0) is 56.2 Å². The Morgan fingerprint density at radius 1 is 1.00 bits per heavy atom. The topological polar surface area (TPSA) is 76.9 Å². The normalized spacial score (nSPS) is 12.0. The minimum absolute atomic E-state index is 0.0663. The number of rotatable bonds is 5. The van der Waals surface area contributed by atoms with Crippen LogP contribution in [0, 0.1) is 13.8 Å². The molecular formula is C25H24N4O2. The van der Waals surface area contributed by atoms with Gasteiger partial charge in [0, 0.05) is 17.1 Å². The maximum Gasteiger partial charge on any atom is 0.280 e. The third kappa shape index (κ3) is 3.97. The summed E-state index contributed by atoms with van der Waals surface area (Å²) in [5.41, 5.74) is 4.11. The van der Waals surface area contributed by atoms with Gasteiger partial charge in [0.15, 0.2) is 0 Å². The van der Waals surface area contributed by atoms with Crippen molar-refractivity contribution in [1.82, 2.24) is 20.1 Å². The van der Waals surface area contributed by atoms with Crippen LogP contribution in [0.3, 0.4) is 0 Å². The van der Waals surface area contributed by atoms with Gasteiger partial charge in [-0.1, -0.05) is 37.3 Å². The largest absolute Gasteiger partial charge is 0.345 e. The number of nitrogens with zero attached hydrogens (tertiary/aromatic N) is 3. The average molecular weight is 412 g/mol. The summed E-state index contributed by atoms with van der Waals surface area (Å²) in [5.74, 6) is -0.393. The van der Waals surface area contributed by atoms with Gasteiger partial charge in [0.1, 0.15) is 0 Å². The fourth-order valence-electron chi connectivity index (χ4n) is 3.74. The molecule has 4 aromatic rings. The summed E-state index contributed by atoms with van der Waals surface area (Å²) in [4.78, 5) is 30.2. The van der Waals surface area contributed by atoms with E-state index in [-0.39, 0.29) is 17.9 Å². The number of aryl methyl sites for hydroxylation is 2. The van der Waals surface area contributed by atoms with Gasteiger partial charge in [-0.3, -0.25) is 14.6 Å². The Labute approximate surface area is 180 Å². The molecule has 0 bridgehead atoms. The van der Waals surface area contributed by atoms with Crippen molar-refractivity contribution in [2.75, 3.05) is 0 Å². The monoisotopic (exact) mass is 412 g/mol. The predicted molar refractivity (Wildman–Crippen MR) is 120 cm³/mol. The van der Waals surface area contributed by atoms with Gasteiger partial charge >= 0.3 is 0 Å². The Bertz CT molecular complexity index is 1260. The zero-order valence-corrected chi connectivity index (χ0v) is 17.8. The fourth-order valence-corrected chi connectivity index (χ4v) is 3.74. The average Bonchev–Trinajstić information content (AvgIpc) is 3.13. The highest BCUT2D eigenvalue weighted by atomic mass is 16.2. The van der Waals surface area contributed by atoms with Crippen LogP contribution < -0.4 is 5.32 Å². The first kappa shape index (κ1) is 20.5. The number of amides is 1. The summed E-state index contributed by atoms with van der Waals surface area (Å²) in [6, 6.07) is 18.6. The van der Waals surface area contributed by atoms with E-state index < -0.39 is 0 Å². The molecule has 1 amide bonds. The van der Waals surface area contributed by atoms with Crippen LogP contribution in [0.1, 0.15) is 57.1 Å². The Morgan fingerprint density at radius 2 is 1.77 bits per heavy atom. The molecule has 6 heteroatoms. The van der Waals surface area contributed by atoms with Gasteiger partial charge in [0.25, 0.3) is 11.8 Å². The van der Waals surface area contributed by atoms with E-state index in [2.05, 4.69) is 15.4 Å². The Morgan fingerprint density at radius 3 is 2.48 bits per heavy atom. The standard InChI is InChI=1S/C25H24N4O2/c1-4-22(18-9-6-5-7-10-18)27-24(30)19-12-13-23-21(15-19)17(3)28-29(23)25(31)20-11-8-14-26-16(20)2/h5-15,22H,4H2,1-3H3,(H,27,30). The van der Waals surface area contributed by atoms with Crippen LogP contribution in [0.2, 0.25) is 0 Å². The number of hydrogen-bond acceptors (Lipinski definition) is 4. The molecule has 31 heavy (non-hydrogen) atoms. The summed E-state index contributed by atoms with van der Waals surface area (Å²) in [5, 5.41) is 8.32. The maximum absolute atomic E-state index is 13.0. The highest BCUT2D eigenvalue weighted by Crippen LogP contribution is 2.23. The lowest BCUT2D eigenvalue weighted by atomic mass is 10.0. The number of carbonyl (C=O) groups is 2. The highest BCUT2D eigenvalue weighted by molar-refractivity contribution is 6.04. The van der Waals surface area contributed by atoms with E-state index >= 15 is 0 Å². The van der Waals surface area contributed by atoms with Crippen molar-refractivity contribution < 1.29 is 9.59 Å². The van der Waals surface area contributed by atoms with Crippen molar-refractivity contribution in [3.8, 4) is 0 Å². The first-order valence-electron chi connectivity index (χ1n) is 10.3. The smallest absolute Gasteiger partial charge is 0.280 e. The molecule has 4 rings (SSSR count). The summed E-state index contributed by atoms with van der Waals surface area (Å²) < 4.78 is 1.38. The zero-order chi connectivity index (χ0) is 22.0. The molecule has 2 aromatic carbocycles. The van der Waals surface area contributed by atoms with Gasteiger partial charge in [-0.25, -0.2) is 0 Å². The number of nitrogens with one attached hydrogen (secondary N) is 1. The number of fused-ring (bicyclic) bond motifs is 1. The van der Waals surface area contributed by atoms with E-state index in [1.807, 2.05) is 44.2 Å². The number of carbonyl (C=O) groups excluding carboxylic acids is 2. The van der Waals surface area contributed by atoms with Gasteiger partial charge in [-0.15, -0.1) is 0 Å². The molecule has 1 N–H and O–H groups in total. The second-order valence-electron chi connectivity index (χ2n) is 7.52.